The van der Waals surface area contributed by atoms with Gasteiger partial charge in [-0.2, -0.15) is 5.10 Å². The Bertz CT molecular complexity index is 528. The summed E-state index contributed by atoms with van der Waals surface area (Å²) in [6.07, 6.45) is 5.36. The number of hydrogen-bond donors (Lipinski definition) is 1. The molecule has 1 amide bonds. The number of carbonyl (C=O) groups is 1. The van der Waals surface area contributed by atoms with Crippen LogP contribution in [0.4, 0.5) is 5.69 Å². The Kier molecular flexibility index (Phi) is 5.36. The first-order chi connectivity index (χ1) is 10.1. The predicted molar refractivity (Wildman–Crippen MR) is 82.3 cm³/mol. The third-order valence-electron chi connectivity index (χ3n) is 3.98. The average Bonchev–Trinajstić information content (AvgIpc) is 2.48. The summed E-state index contributed by atoms with van der Waals surface area (Å²) in [5.41, 5.74) is 0.659. The highest BCUT2D eigenvalue weighted by molar-refractivity contribution is 5.76. The molecule has 0 bridgehead atoms. The first-order valence-corrected chi connectivity index (χ1v) is 7.63. The Morgan fingerprint density at radius 2 is 2.38 bits per heavy atom. The Labute approximate surface area is 125 Å². The summed E-state index contributed by atoms with van der Waals surface area (Å²) in [5, 5.41) is 6.23. The van der Waals surface area contributed by atoms with Crippen molar-refractivity contribution in [2.45, 2.75) is 32.6 Å². The molecule has 6 heteroatoms. The molecule has 1 unspecified atom stereocenters. The van der Waals surface area contributed by atoms with Crippen LogP contribution in [0.15, 0.2) is 17.1 Å². The molecule has 1 atom stereocenters. The van der Waals surface area contributed by atoms with Gasteiger partial charge in [-0.15, -0.1) is 0 Å². The lowest BCUT2D eigenvalue weighted by molar-refractivity contribution is -0.131. The van der Waals surface area contributed by atoms with E-state index < -0.39 is 0 Å². The third-order valence-corrected chi connectivity index (χ3v) is 3.98. The van der Waals surface area contributed by atoms with E-state index in [4.69, 9.17) is 0 Å². The van der Waals surface area contributed by atoms with Gasteiger partial charge in [0.15, 0.2) is 0 Å². The molecular formula is C15H24N4O2. The Morgan fingerprint density at radius 1 is 1.57 bits per heavy atom. The van der Waals surface area contributed by atoms with Gasteiger partial charge >= 0.3 is 0 Å². The fourth-order valence-electron chi connectivity index (χ4n) is 2.87. The highest BCUT2D eigenvalue weighted by Crippen LogP contribution is 2.24. The summed E-state index contributed by atoms with van der Waals surface area (Å²) < 4.78 is 0. The molecule has 0 aliphatic carbocycles. The lowest BCUT2D eigenvalue weighted by Gasteiger charge is -2.34. The summed E-state index contributed by atoms with van der Waals surface area (Å²) >= 11 is 0. The second-order valence-corrected chi connectivity index (χ2v) is 5.78. The van der Waals surface area contributed by atoms with Gasteiger partial charge in [0, 0.05) is 39.2 Å². The minimum Gasteiger partial charge on any atom is -0.370 e. The molecule has 1 aromatic heterocycles. The fraction of sp³-hybridized carbons (Fsp3) is 0.667. The van der Waals surface area contributed by atoms with E-state index >= 15 is 0 Å². The van der Waals surface area contributed by atoms with E-state index in [9.17, 15) is 9.59 Å². The van der Waals surface area contributed by atoms with Crippen molar-refractivity contribution < 1.29 is 4.79 Å². The van der Waals surface area contributed by atoms with E-state index in [-0.39, 0.29) is 11.5 Å². The molecule has 116 valence electrons. The number of amides is 1. The maximum absolute atomic E-state index is 12.1. The van der Waals surface area contributed by atoms with E-state index in [1.54, 1.807) is 12.3 Å². The zero-order valence-electron chi connectivity index (χ0n) is 12.8. The molecule has 0 saturated carbocycles. The second kappa shape index (κ2) is 7.24. The summed E-state index contributed by atoms with van der Waals surface area (Å²) in [6, 6.07) is 1.57. The van der Waals surface area contributed by atoms with Crippen LogP contribution in [-0.2, 0) is 4.79 Å². The number of hydrogen-bond acceptors (Lipinski definition) is 4. The van der Waals surface area contributed by atoms with Gasteiger partial charge in [0.05, 0.1) is 11.9 Å². The first kappa shape index (κ1) is 15.5. The van der Waals surface area contributed by atoms with Gasteiger partial charge in [-0.25, -0.2) is 5.10 Å². The van der Waals surface area contributed by atoms with Crippen molar-refractivity contribution in [1.29, 1.82) is 0 Å². The second-order valence-electron chi connectivity index (χ2n) is 5.78. The van der Waals surface area contributed by atoms with Crippen molar-refractivity contribution in [2.75, 3.05) is 31.6 Å². The van der Waals surface area contributed by atoms with Crippen LogP contribution >= 0.6 is 0 Å². The van der Waals surface area contributed by atoms with Crippen LogP contribution in [0.5, 0.6) is 0 Å². The summed E-state index contributed by atoms with van der Waals surface area (Å²) in [5.74, 6) is 0.567. The number of carbonyl (C=O) groups excluding carboxylic acids is 1. The number of nitrogens with one attached hydrogen (secondary N) is 1. The van der Waals surface area contributed by atoms with Gasteiger partial charge < -0.3 is 9.80 Å². The van der Waals surface area contributed by atoms with E-state index in [1.165, 1.54) is 0 Å². The smallest absolute Gasteiger partial charge is 0.266 e. The summed E-state index contributed by atoms with van der Waals surface area (Å²) in [4.78, 5) is 27.5. The predicted octanol–water partition coefficient (Wildman–Crippen LogP) is 1.24. The zero-order valence-corrected chi connectivity index (χ0v) is 12.8. The fourth-order valence-corrected chi connectivity index (χ4v) is 2.87. The number of rotatable bonds is 5. The summed E-state index contributed by atoms with van der Waals surface area (Å²) in [6.45, 7) is 4.62. The maximum atomic E-state index is 12.1. The Hall–Kier alpha value is -1.85. The van der Waals surface area contributed by atoms with Crippen molar-refractivity contribution in [3.05, 3.63) is 22.6 Å². The molecule has 1 aliphatic rings. The largest absolute Gasteiger partial charge is 0.370 e. The normalized spacial score (nSPS) is 18.6. The van der Waals surface area contributed by atoms with E-state index in [0.717, 1.165) is 44.6 Å². The van der Waals surface area contributed by atoms with Gasteiger partial charge in [0.1, 0.15) is 0 Å². The summed E-state index contributed by atoms with van der Waals surface area (Å²) in [7, 11) is 1.87. The van der Waals surface area contributed by atoms with Crippen molar-refractivity contribution in [1.82, 2.24) is 15.1 Å². The van der Waals surface area contributed by atoms with E-state index in [1.807, 2.05) is 11.9 Å². The molecule has 1 aliphatic heterocycles. The molecule has 1 fully saturated rings. The zero-order chi connectivity index (χ0) is 15.2. The molecule has 0 spiro atoms. The highest BCUT2D eigenvalue weighted by Gasteiger charge is 2.23. The van der Waals surface area contributed by atoms with Gasteiger partial charge in [-0.1, -0.05) is 6.92 Å². The van der Waals surface area contributed by atoms with Gasteiger partial charge in [-0.05, 0) is 25.2 Å². The van der Waals surface area contributed by atoms with Gasteiger partial charge in [-0.3, -0.25) is 9.59 Å². The van der Waals surface area contributed by atoms with Crippen molar-refractivity contribution >= 4 is 11.6 Å². The average molecular weight is 292 g/mol. The van der Waals surface area contributed by atoms with Crippen LogP contribution in [0.1, 0.15) is 32.6 Å². The van der Waals surface area contributed by atoms with E-state index in [0.29, 0.717) is 12.3 Å². The number of piperidine rings is 1. The van der Waals surface area contributed by atoms with Crippen LogP contribution in [0, 0.1) is 5.92 Å². The number of H-pyrrole nitrogens is 1. The molecular weight excluding hydrogens is 268 g/mol. The molecule has 6 nitrogen and oxygen atoms in total. The van der Waals surface area contributed by atoms with E-state index in [2.05, 4.69) is 22.0 Å². The van der Waals surface area contributed by atoms with Crippen LogP contribution in [0.2, 0.25) is 0 Å². The van der Waals surface area contributed by atoms with Crippen molar-refractivity contribution in [3.8, 4) is 0 Å². The van der Waals surface area contributed by atoms with Crippen molar-refractivity contribution in [2.24, 2.45) is 5.92 Å². The number of aromatic amines is 1. The van der Waals surface area contributed by atoms with Crippen molar-refractivity contribution in [3.63, 3.8) is 0 Å². The molecule has 1 aromatic rings. The number of nitrogens with zero attached hydrogens (tertiary/aromatic N) is 3. The topological polar surface area (TPSA) is 69.3 Å². The minimum absolute atomic E-state index is 0.187. The Morgan fingerprint density at radius 3 is 3.10 bits per heavy atom. The lowest BCUT2D eigenvalue weighted by Crippen LogP contribution is -2.39. The third kappa shape index (κ3) is 4.31. The molecule has 21 heavy (non-hydrogen) atoms. The Balaban J connectivity index is 1.95. The molecule has 2 heterocycles. The van der Waals surface area contributed by atoms with Crippen LogP contribution in [0.3, 0.4) is 0 Å². The van der Waals surface area contributed by atoms with Crippen LogP contribution < -0.4 is 10.5 Å². The van der Waals surface area contributed by atoms with Gasteiger partial charge in [0.2, 0.25) is 5.91 Å². The molecule has 1 saturated heterocycles. The first-order valence-electron chi connectivity index (χ1n) is 7.63. The molecule has 0 radical (unpaired) electrons. The lowest BCUT2D eigenvalue weighted by atomic mass is 9.94. The molecule has 1 N–H and O–H groups in total. The molecule has 2 rings (SSSR count). The van der Waals surface area contributed by atoms with Gasteiger partial charge in [0.25, 0.3) is 5.56 Å². The minimum atomic E-state index is -0.187. The SMILES string of the molecule is CCCN(C)C(=O)CC1CCCN(c2cn[nH]c(=O)c2)C1. The monoisotopic (exact) mass is 292 g/mol. The number of anilines is 1. The number of aromatic nitrogens is 2. The quantitative estimate of drug-likeness (QED) is 0.886. The van der Waals surface area contributed by atoms with Crippen LogP contribution in [0.25, 0.3) is 0 Å². The highest BCUT2D eigenvalue weighted by atomic mass is 16.2. The van der Waals surface area contributed by atoms with Crippen LogP contribution in [-0.4, -0.2) is 47.7 Å². The molecule has 0 aromatic carbocycles. The standard InChI is InChI=1S/C15H24N4O2/c1-3-6-18(2)15(21)8-12-5-4-7-19(11-12)13-9-14(20)17-16-10-13/h9-10,12H,3-8,11H2,1-2H3,(H,17,20). The maximum Gasteiger partial charge on any atom is 0.266 e.